The van der Waals surface area contributed by atoms with E-state index in [0.717, 1.165) is 24.3 Å². The third kappa shape index (κ3) is 4.04. The van der Waals surface area contributed by atoms with Gasteiger partial charge < -0.3 is 10.1 Å². The Morgan fingerprint density at radius 1 is 1.32 bits per heavy atom. The van der Waals surface area contributed by atoms with E-state index in [1.165, 1.54) is 0 Å². The summed E-state index contributed by atoms with van der Waals surface area (Å²) in [7, 11) is 0. The maximum atomic E-state index is 12.1. The van der Waals surface area contributed by atoms with Gasteiger partial charge in [0.15, 0.2) is 0 Å². The summed E-state index contributed by atoms with van der Waals surface area (Å²) in [6.45, 7) is 8.13. The molecule has 0 saturated carbocycles. The van der Waals surface area contributed by atoms with Crippen molar-refractivity contribution in [1.82, 2.24) is 4.90 Å². The number of amides is 1. The normalized spacial score (nSPS) is 24.2. The lowest BCUT2D eigenvalue weighted by atomic mass is 10.2. The molecule has 0 aliphatic carbocycles. The molecular weight excluding hydrogens is 240 g/mol. The summed E-state index contributed by atoms with van der Waals surface area (Å²) < 4.78 is 5.66. The van der Waals surface area contributed by atoms with Crippen LogP contribution in [0.15, 0.2) is 24.3 Å². The van der Waals surface area contributed by atoms with Crippen LogP contribution in [0.4, 0.5) is 5.69 Å². The van der Waals surface area contributed by atoms with Crippen molar-refractivity contribution < 1.29 is 9.53 Å². The molecule has 1 heterocycles. The van der Waals surface area contributed by atoms with Crippen molar-refractivity contribution in [3.05, 3.63) is 29.8 Å². The maximum Gasteiger partial charge on any atom is 0.238 e. The van der Waals surface area contributed by atoms with Gasteiger partial charge in [-0.25, -0.2) is 0 Å². The Hall–Kier alpha value is -1.39. The molecule has 4 nitrogen and oxygen atoms in total. The van der Waals surface area contributed by atoms with Crippen LogP contribution in [-0.4, -0.2) is 42.6 Å². The fraction of sp³-hybridized carbons (Fsp3) is 0.533. The van der Waals surface area contributed by atoms with Gasteiger partial charge in [0.2, 0.25) is 5.91 Å². The number of hydrogen-bond donors (Lipinski definition) is 1. The molecule has 0 radical (unpaired) electrons. The molecule has 0 unspecified atom stereocenters. The fourth-order valence-corrected chi connectivity index (χ4v) is 2.52. The minimum Gasteiger partial charge on any atom is -0.373 e. The minimum absolute atomic E-state index is 0.0376. The van der Waals surface area contributed by atoms with Gasteiger partial charge in [-0.2, -0.15) is 0 Å². The summed E-state index contributed by atoms with van der Waals surface area (Å²) in [4.78, 5) is 14.2. The predicted octanol–water partition coefficient (Wildman–Crippen LogP) is 2.04. The van der Waals surface area contributed by atoms with Gasteiger partial charge in [0.05, 0.1) is 18.8 Å². The van der Waals surface area contributed by atoms with Gasteiger partial charge in [0, 0.05) is 18.8 Å². The van der Waals surface area contributed by atoms with Gasteiger partial charge in [-0.05, 0) is 32.4 Å². The quantitative estimate of drug-likeness (QED) is 0.906. The van der Waals surface area contributed by atoms with E-state index in [-0.39, 0.29) is 18.1 Å². The first kappa shape index (κ1) is 14.0. The van der Waals surface area contributed by atoms with E-state index in [9.17, 15) is 4.79 Å². The number of carbonyl (C=O) groups excluding carboxylic acids is 1. The molecule has 1 fully saturated rings. The third-order valence-corrected chi connectivity index (χ3v) is 3.28. The topological polar surface area (TPSA) is 41.6 Å². The average molecular weight is 262 g/mol. The van der Waals surface area contributed by atoms with Crippen LogP contribution in [0.3, 0.4) is 0 Å². The highest BCUT2D eigenvalue weighted by Crippen LogP contribution is 2.14. The lowest BCUT2D eigenvalue weighted by molar-refractivity contribution is -0.121. The fourth-order valence-electron chi connectivity index (χ4n) is 2.52. The Balaban J connectivity index is 1.89. The second-order valence-electron chi connectivity index (χ2n) is 5.31. The minimum atomic E-state index is 0.0376. The monoisotopic (exact) mass is 262 g/mol. The van der Waals surface area contributed by atoms with Crippen molar-refractivity contribution in [1.29, 1.82) is 0 Å². The Kier molecular flexibility index (Phi) is 4.56. The Labute approximate surface area is 114 Å². The molecule has 104 valence electrons. The molecule has 1 N–H and O–H groups in total. The van der Waals surface area contributed by atoms with Gasteiger partial charge in [-0.1, -0.05) is 18.2 Å². The lowest BCUT2D eigenvalue weighted by Crippen LogP contribution is -2.48. The number of aryl methyl sites for hydroxylation is 1. The van der Waals surface area contributed by atoms with Crippen LogP contribution in [0.5, 0.6) is 0 Å². The Morgan fingerprint density at radius 2 is 1.95 bits per heavy atom. The number of hydrogen-bond acceptors (Lipinski definition) is 3. The van der Waals surface area contributed by atoms with Crippen LogP contribution in [0.2, 0.25) is 0 Å². The summed E-state index contributed by atoms with van der Waals surface area (Å²) in [6.07, 6.45) is 0.380. The van der Waals surface area contributed by atoms with E-state index < -0.39 is 0 Å². The average Bonchev–Trinajstić information content (AvgIpc) is 2.30. The molecule has 19 heavy (non-hydrogen) atoms. The molecule has 1 aliphatic heterocycles. The molecule has 2 rings (SSSR count). The lowest BCUT2D eigenvalue weighted by Gasteiger charge is -2.34. The second-order valence-corrected chi connectivity index (χ2v) is 5.31. The van der Waals surface area contributed by atoms with E-state index in [0.29, 0.717) is 6.54 Å². The van der Waals surface area contributed by atoms with Crippen LogP contribution in [-0.2, 0) is 9.53 Å². The SMILES string of the molecule is Cc1ccccc1NC(=O)CN1C[C@@H](C)O[C@@H](C)C1. The summed E-state index contributed by atoms with van der Waals surface area (Å²) in [6, 6.07) is 7.82. The molecule has 4 heteroatoms. The zero-order chi connectivity index (χ0) is 13.8. The van der Waals surface area contributed by atoms with E-state index in [2.05, 4.69) is 10.2 Å². The van der Waals surface area contributed by atoms with Crippen LogP contribution < -0.4 is 5.32 Å². The van der Waals surface area contributed by atoms with E-state index >= 15 is 0 Å². The largest absolute Gasteiger partial charge is 0.373 e. The van der Waals surface area contributed by atoms with Crippen molar-refractivity contribution in [2.45, 2.75) is 33.0 Å². The van der Waals surface area contributed by atoms with Gasteiger partial charge in [0.1, 0.15) is 0 Å². The molecule has 0 aromatic heterocycles. The van der Waals surface area contributed by atoms with Crippen LogP contribution in [0.25, 0.3) is 0 Å². The first-order chi connectivity index (χ1) is 9.04. The summed E-state index contributed by atoms with van der Waals surface area (Å²) in [5.41, 5.74) is 1.97. The number of para-hydroxylation sites is 1. The van der Waals surface area contributed by atoms with Gasteiger partial charge in [0.25, 0.3) is 0 Å². The zero-order valence-electron chi connectivity index (χ0n) is 11.8. The smallest absolute Gasteiger partial charge is 0.238 e. The summed E-state index contributed by atoms with van der Waals surface area (Å²) >= 11 is 0. The standard InChI is InChI=1S/C15H22N2O2/c1-11-6-4-5-7-14(11)16-15(18)10-17-8-12(2)19-13(3)9-17/h4-7,12-13H,8-10H2,1-3H3,(H,16,18)/t12-,13+. The maximum absolute atomic E-state index is 12.1. The molecule has 1 saturated heterocycles. The molecule has 1 aliphatic rings. The number of benzene rings is 1. The number of morpholine rings is 1. The molecule has 1 amide bonds. The van der Waals surface area contributed by atoms with Gasteiger partial charge in [-0.15, -0.1) is 0 Å². The van der Waals surface area contributed by atoms with E-state index in [4.69, 9.17) is 4.74 Å². The number of ether oxygens (including phenoxy) is 1. The van der Waals surface area contributed by atoms with Crippen molar-refractivity contribution in [2.75, 3.05) is 25.0 Å². The summed E-state index contributed by atoms with van der Waals surface area (Å²) in [5, 5.41) is 2.97. The molecular formula is C15H22N2O2. The molecule has 0 spiro atoms. The molecule has 0 bridgehead atoms. The highest BCUT2D eigenvalue weighted by atomic mass is 16.5. The number of nitrogens with one attached hydrogen (secondary N) is 1. The highest BCUT2D eigenvalue weighted by Gasteiger charge is 2.23. The Morgan fingerprint density at radius 3 is 2.58 bits per heavy atom. The van der Waals surface area contributed by atoms with Crippen molar-refractivity contribution in [2.24, 2.45) is 0 Å². The first-order valence-corrected chi connectivity index (χ1v) is 6.78. The van der Waals surface area contributed by atoms with Crippen LogP contribution in [0.1, 0.15) is 19.4 Å². The third-order valence-electron chi connectivity index (χ3n) is 3.28. The van der Waals surface area contributed by atoms with E-state index in [1.54, 1.807) is 0 Å². The van der Waals surface area contributed by atoms with Crippen molar-refractivity contribution >= 4 is 11.6 Å². The second kappa shape index (κ2) is 6.17. The number of carbonyl (C=O) groups is 1. The van der Waals surface area contributed by atoms with Crippen LogP contribution >= 0.6 is 0 Å². The Bertz CT molecular complexity index is 438. The molecule has 2 atom stereocenters. The first-order valence-electron chi connectivity index (χ1n) is 6.78. The van der Waals surface area contributed by atoms with Gasteiger partial charge >= 0.3 is 0 Å². The number of anilines is 1. The van der Waals surface area contributed by atoms with Gasteiger partial charge in [-0.3, -0.25) is 9.69 Å². The number of nitrogens with zero attached hydrogens (tertiary/aromatic N) is 1. The summed E-state index contributed by atoms with van der Waals surface area (Å²) in [5.74, 6) is 0.0376. The molecule has 1 aromatic rings. The van der Waals surface area contributed by atoms with Crippen LogP contribution in [0, 0.1) is 6.92 Å². The zero-order valence-corrected chi connectivity index (χ0v) is 11.8. The number of rotatable bonds is 3. The predicted molar refractivity (Wildman–Crippen MR) is 76.3 cm³/mol. The van der Waals surface area contributed by atoms with Crippen molar-refractivity contribution in [3.8, 4) is 0 Å². The van der Waals surface area contributed by atoms with E-state index in [1.807, 2.05) is 45.0 Å². The molecule has 1 aromatic carbocycles. The highest BCUT2D eigenvalue weighted by molar-refractivity contribution is 5.92. The van der Waals surface area contributed by atoms with Crippen molar-refractivity contribution in [3.63, 3.8) is 0 Å².